The van der Waals surface area contributed by atoms with Crippen molar-refractivity contribution in [3.05, 3.63) is 36.4 Å². The lowest BCUT2D eigenvalue weighted by molar-refractivity contribution is 0.660. The molecule has 7 nitrogen and oxygen atoms in total. The van der Waals surface area contributed by atoms with Crippen LogP contribution in [0.3, 0.4) is 0 Å². The Bertz CT molecular complexity index is 698. The number of hydrogen-bond donors (Lipinski definition) is 1. The van der Waals surface area contributed by atoms with Gasteiger partial charge in [0.15, 0.2) is 17.0 Å². The van der Waals surface area contributed by atoms with Crippen LogP contribution in [0.4, 0.5) is 5.82 Å². The van der Waals surface area contributed by atoms with E-state index < -0.39 is 0 Å². The number of nitrogens with zero attached hydrogens (tertiary/aromatic N) is 6. The Labute approximate surface area is 120 Å². The molecule has 0 saturated heterocycles. The highest BCUT2D eigenvalue weighted by molar-refractivity contribution is 6.28. The van der Waals surface area contributed by atoms with Gasteiger partial charge in [-0.2, -0.15) is 9.97 Å². The first-order valence-corrected chi connectivity index (χ1v) is 6.54. The van der Waals surface area contributed by atoms with Crippen molar-refractivity contribution >= 4 is 28.6 Å². The van der Waals surface area contributed by atoms with Crippen LogP contribution in [0, 0.1) is 0 Å². The average molecular weight is 290 g/mol. The SMILES string of the molecule is Clc1nc(NCCCn2ccnc2)c2nccnc2n1. The maximum absolute atomic E-state index is 5.88. The summed E-state index contributed by atoms with van der Waals surface area (Å²) in [5.41, 5.74) is 1.11. The zero-order valence-electron chi connectivity index (χ0n) is 10.6. The molecule has 0 atom stereocenters. The van der Waals surface area contributed by atoms with Gasteiger partial charge in [-0.05, 0) is 18.0 Å². The summed E-state index contributed by atoms with van der Waals surface area (Å²) >= 11 is 5.88. The van der Waals surface area contributed by atoms with Crippen molar-refractivity contribution in [3.8, 4) is 0 Å². The van der Waals surface area contributed by atoms with Gasteiger partial charge in [-0.15, -0.1) is 0 Å². The molecule has 0 spiro atoms. The van der Waals surface area contributed by atoms with Crippen molar-refractivity contribution in [1.82, 2.24) is 29.5 Å². The topological polar surface area (TPSA) is 81.4 Å². The van der Waals surface area contributed by atoms with Crippen molar-refractivity contribution in [3.63, 3.8) is 0 Å². The van der Waals surface area contributed by atoms with Crippen LogP contribution < -0.4 is 5.32 Å². The van der Waals surface area contributed by atoms with E-state index in [-0.39, 0.29) is 5.28 Å². The van der Waals surface area contributed by atoms with Crippen LogP contribution in [0.2, 0.25) is 5.28 Å². The molecule has 0 radical (unpaired) electrons. The molecule has 3 heterocycles. The molecule has 0 fully saturated rings. The summed E-state index contributed by atoms with van der Waals surface area (Å²) in [5, 5.41) is 3.38. The second-order valence-corrected chi connectivity index (χ2v) is 4.49. The molecule has 0 aliphatic carbocycles. The molecular formula is C12H12ClN7. The van der Waals surface area contributed by atoms with Crippen molar-refractivity contribution < 1.29 is 0 Å². The summed E-state index contributed by atoms with van der Waals surface area (Å²) in [6.07, 6.45) is 9.61. The molecule has 20 heavy (non-hydrogen) atoms. The Kier molecular flexibility index (Phi) is 3.69. The highest BCUT2D eigenvalue weighted by Gasteiger charge is 2.07. The van der Waals surface area contributed by atoms with Gasteiger partial charge in [0, 0.05) is 37.9 Å². The Morgan fingerprint density at radius 2 is 2.05 bits per heavy atom. The second-order valence-electron chi connectivity index (χ2n) is 4.15. The maximum atomic E-state index is 5.88. The molecule has 3 rings (SSSR count). The number of aryl methyl sites for hydroxylation is 1. The highest BCUT2D eigenvalue weighted by Crippen LogP contribution is 2.17. The Balaban J connectivity index is 1.68. The summed E-state index contributed by atoms with van der Waals surface area (Å²) in [7, 11) is 0. The lowest BCUT2D eigenvalue weighted by Crippen LogP contribution is -2.08. The summed E-state index contributed by atoms with van der Waals surface area (Å²) in [4.78, 5) is 20.5. The van der Waals surface area contributed by atoms with Crippen molar-refractivity contribution in [2.24, 2.45) is 0 Å². The zero-order valence-corrected chi connectivity index (χ0v) is 11.3. The fourth-order valence-electron chi connectivity index (χ4n) is 1.85. The van der Waals surface area contributed by atoms with E-state index >= 15 is 0 Å². The predicted octanol–water partition coefficient (Wildman–Crippen LogP) is 1.77. The zero-order chi connectivity index (χ0) is 13.8. The van der Waals surface area contributed by atoms with Crippen LogP contribution in [0.25, 0.3) is 11.2 Å². The quantitative estimate of drug-likeness (QED) is 0.569. The number of halogens is 1. The van der Waals surface area contributed by atoms with Crippen LogP contribution in [0.1, 0.15) is 6.42 Å². The number of aromatic nitrogens is 6. The molecule has 0 aliphatic heterocycles. The number of anilines is 1. The van der Waals surface area contributed by atoms with E-state index in [1.807, 2.05) is 10.8 Å². The van der Waals surface area contributed by atoms with Gasteiger partial charge in [-0.1, -0.05) is 0 Å². The molecule has 0 unspecified atom stereocenters. The molecule has 3 aromatic rings. The first kappa shape index (κ1) is 12.7. The third-order valence-electron chi connectivity index (χ3n) is 2.75. The van der Waals surface area contributed by atoms with Crippen LogP contribution >= 0.6 is 11.6 Å². The molecule has 0 aliphatic rings. The second kappa shape index (κ2) is 5.79. The minimum absolute atomic E-state index is 0.162. The summed E-state index contributed by atoms with van der Waals surface area (Å²) in [6, 6.07) is 0. The standard InChI is InChI=1S/C12H12ClN7/c13-12-18-10(9-11(19-12)17-4-3-15-9)16-2-1-6-20-7-5-14-8-20/h3-5,7-8H,1-2,6H2,(H,16,17,18,19). The minimum Gasteiger partial charge on any atom is -0.368 e. The van der Waals surface area contributed by atoms with Gasteiger partial charge in [0.05, 0.1) is 6.33 Å². The monoisotopic (exact) mass is 289 g/mol. The minimum atomic E-state index is 0.162. The van der Waals surface area contributed by atoms with E-state index in [2.05, 4.69) is 30.2 Å². The highest BCUT2D eigenvalue weighted by atomic mass is 35.5. The molecule has 0 saturated carbocycles. The molecule has 1 N–H and O–H groups in total. The summed E-state index contributed by atoms with van der Waals surface area (Å²) in [5.74, 6) is 0.610. The molecule has 0 amide bonds. The average Bonchev–Trinajstić information content (AvgIpc) is 2.96. The van der Waals surface area contributed by atoms with Crippen LogP contribution in [-0.2, 0) is 6.54 Å². The largest absolute Gasteiger partial charge is 0.368 e. The van der Waals surface area contributed by atoms with Gasteiger partial charge in [0.2, 0.25) is 5.28 Å². The van der Waals surface area contributed by atoms with Crippen molar-refractivity contribution in [1.29, 1.82) is 0 Å². The first-order valence-electron chi connectivity index (χ1n) is 6.17. The molecule has 102 valence electrons. The number of hydrogen-bond acceptors (Lipinski definition) is 6. The van der Waals surface area contributed by atoms with Crippen molar-refractivity contribution in [2.45, 2.75) is 13.0 Å². The van der Waals surface area contributed by atoms with Gasteiger partial charge in [-0.25, -0.2) is 15.0 Å². The van der Waals surface area contributed by atoms with Gasteiger partial charge in [0.1, 0.15) is 0 Å². The molecule has 3 aromatic heterocycles. The van der Waals surface area contributed by atoms with E-state index in [9.17, 15) is 0 Å². The van der Waals surface area contributed by atoms with Gasteiger partial charge in [0.25, 0.3) is 0 Å². The maximum Gasteiger partial charge on any atom is 0.226 e. The molecular weight excluding hydrogens is 278 g/mol. The Hall–Kier alpha value is -2.28. The van der Waals surface area contributed by atoms with E-state index in [1.165, 1.54) is 0 Å². The fraction of sp³-hybridized carbons (Fsp3) is 0.250. The van der Waals surface area contributed by atoms with Gasteiger partial charge < -0.3 is 9.88 Å². The van der Waals surface area contributed by atoms with Crippen molar-refractivity contribution in [2.75, 3.05) is 11.9 Å². The normalized spacial score (nSPS) is 10.8. The van der Waals surface area contributed by atoms with Crippen LogP contribution in [0.15, 0.2) is 31.1 Å². The van der Waals surface area contributed by atoms with Gasteiger partial charge >= 0.3 is 0 Å². The summed E-state index contributed by atoms with van der Waals surface area (Å²) in [6.45, 7) is 1.63. The summed E-state index contributed by atoms with van der Waals surface area (Å²) < 4.78 is 2.02. The van der Waals surface area contributed by atoms with E-state index in [1.54, 1.807) is 24.9 Å². The molecule has 8 heteroatoms. The Morgan fingerprint density at radius 1 is 1.15 bits per heavy atom. The van der Waals surface area contributed by atoms with E-state index in [0.29, 0.717) is 17.0 Å². The number of fused-ring (bicyclic) bond motifs is 1. The predicted molar refractivity (Wildman–Crippen MR) is 75.5 cm³/mol. The van der Waals surface area contributed by atoms with Crippen LogP contribution in [0.5, 0.6) is 0 Å². The van der Waals surface area contributed by atoms with E-state index in [0.717, 1.165) is 19.5 Å². The van der Waals surface area contributed by atoms with Crippen LogP contribution in [-0.4, -0.2) is 36.0 Å². The third-order valence-corrected chi connectivity index (χ3v) is 2.92. The number of rotatable bonds is 5. The first-order chi connectivity index (χ1) is 9.83. The lowest BCUT2D eigenvalue weighted by atomic mass is 10.4. The fourth-order valence-corrected chi connectivity index (χ4v) is 2.01. The Morgan fingerprint density at radius 3 is 2.90 bits per heavy atom. The number of imidazole rings is 1. The van der Waals surface area contributed by atoms with E-state index in [4.69, 9.17) is 11.6 Å². The smallest absolute Gasteiger partial charge is 0.226 e. The third kappa shape index (κ3) is 2.83. The van der Waals surface area contributed by atoms with Gasteiger partial charge in [-0.3, -0.25) is 0 Å². The lowest BCUT2D eigenvalue weighted by Gasteiger charge is -2.08. The molecule has 0 bridgehead atoms. The number of nitrogens with one attached hydrogen (secondary N) is 1. The molecule has 0 aromatic carbocycles.